The highest BCUT2D eigenvalue weighted by Gasteiger charge is 2.22. The lowest BCUT2D eigenvalue weighted by Crippen LogP contribution is -2.49. The Balaban J connectivity index is 1.89. The minimum Gasteiger partial charge on any atom is -0.340 e. The predicted molar refractivity (Wildman–Crippen MR) is 92.5 cm³/mol. The first-order valence-corrected chi connectivity index (χ1v) is 8.40. The van der Waals surface area contributed by atoms with Crippen LogP contribution in [0.15, 0.2) is 24.3 Å². The van der Waals surface area contributed by atoms with E-state index in [0.29, 0.717) is 19.0 Å². The van der Waals surface area contributed by atoms with Crippen LogP contribution in [-0.4, -0.2) is 54.3 Å². The van der Waals surface area contributed by atoms with E-state index in [1.165, 1.54) is 0 Å². The van der Waals surface area contributed by atoms with Crippen LogP contribution in [0.2, 0.25) is 0 Å². The van der Waals surface area contributed by atoms with E-state index in [4.69, 9.17) is 0 Å². The molecule has 0 aromatic heterocycles. The molecule has 23 heavy (non-hydrogen) atoms. The van der Waals surface area contributed by atoms with Crippen molar-refractivity contribution in [3.8, 4) is 0 Å². The van der Waals surface area contributed by atoms with Crippen LogP contribution in [0.25, 0.3) is 0 Å². The first kappa shape index (κ1) is 17.5. The Morgan fingerprint density at radius 2 is 1.78 bits per heavy atom. The maximum Gasteiger partial charge on any atom is 0.233 e. The number of carbonyl (C=O) groups is 2. The second kappa shape index (κ2) is 8.11. The number of hydrogen-bond donors (Lipinski definition) is 1. The van der Waals surface area contributed by atoms with E-state index in [2.05, 4.69) is 31.0 Å². The van der Waals surface area contributed by atoms with E-state index in [9.17, 15) is 9.59 Å². The van der Waals surface area contributed by atoms with Gasteiger partial charge in [0, 0.05) is 31.9 Å². The molecular weight excluding hydrogens is 290 g/mol. The van der Waals surface area contributed by atoms with Gasteiger partial charge in [0.1, 0.15) is 6.42 Å². The van der Waals surface area contributed by atoms with E-state index < -0.39 is 0 Å². The van der Waals surface area contributed by atoms with E-state index in [-0.39, 0.29) is 18.2 Å². The Labute approximate surface area is 138 Å². The van der Waals surface area contributed by atoms with E-state index in [1.54, 1.807) is 4.90 Å². The van der Waals surface area contributed by atoms with Gasteiger partial charge in [0.25, 0.3) is 0 Å². The number of carbonyl (C=O) groups excluding carboxylic acids is 2. The van der Waals surface area contributed by atoms with Gasteiger partial charge in [-0.05, 0) is 24.1 Å². The van der Waals surface area contributed by atoms with Crippen LogP contribution in [0.1, 0.15) is 38.7 Å². The molecule has 1 heterocycles. The highest BCUT2D eigenvalue weighted by atomic mass is 16.2. The largest absolute Gasteiger partial charge is 0.340 e. The molecule has 5 nitrogen and oxygen atoms in total. The third-order valence-electron chi connectivity index (χ3n) is 4.34. The molecule has 2 rings (SSSR count). The van der Waals surface area contributed by atoms with Crippen molar-refractivity contribution in [1.29, 1.82) is 0 Å². The minimum atomic E-state index is -0.235. The number of benzene rings is 1. The Kier molecular flexibility index (Phi) is 6.16. The van der Waals surface area contributed by atoms with Crippen LogP contribution in [0.3, 0.4) is 0 Å². The summed E-state index contributed by atoms with van der Waals surface area (Å²) in [6, 6.07) is 7.75. The van der Waals surface area contributed by atoms with Crippen molar-refractivity contribution in [2.45, 2.75) is 33.1 Å². The van der Waals surface area contributed by atoms with Crippen LogP contribution in [0, 0.1) is 0 Å². The maximum absolute atomic E-state index is 12.3. The fraction of sp³-hybridized carbons (Fsp3) is 0.556. The first-order chi connectivity index (χ1) is 11.0. The molecule has 1 fully saturated rings. The standard InChI is InChI=1S/C18H27N3O2/c1-4-20-9-11-21(12-10-20)18(23)13-17(22)19-16-8-6-5-7-15(16)14(2)3/h5-8,14H,4,9-13H2,1-3H3,(H,19,22). The van der Waals surface area contributed by atoms with Crippen molar-refractivity contribution in [1.82, 2.24) is 9.80 Å². The highest BCUT2D eigenvalue weighted by Crippen LogP contribution is 2.23. The van der Waals surface area contributed by atoms with Crippen molar-refractivity contribution in [2.75, 3.05) is 38.0 Å². The fourth-order valence-electron chi connectivity index (χ4n) is 2.87. The Morgan fingerprint density at radius 3 is 2.39 bits per heavy atom. The first-order valence-electron chi connectivity index (χ1n) is 8.40. The number of piperazine rings is 1. The zero-order valence-electron chi connectivity index (χ0n) is 14.3. The van der Waals surface area contributed by atoms with Crippen LogP contribution in [-0.2, 0) is 9.59 Å². The number of anilines is 1. The topological polar surface area (TPSA) is 52.7 Å². The molecule has 0 bridgehead atoms. The number of para-hydroxylation sites is 1. The number of nitrogens with zero attached hydrogens (tertiary/aromatic N) is 2. The number of rotatable bonds is 5. The molecule has 0 spiro atoms. The quantitative estimate of drug-likeness (QED) is 0.848. The van der Waals surface area contributed by atoms with Gasteiger partial charge in [-0.3, -0.25) is 9.59 Å². The van der Waals surface area contributed by atoms with Gasteiger partial charge in [-0.25, -0.2) is 0 Å². The van der Waals surface area contributed by atoms with Crippen LogP contribution in [0.5, 0.6) is 0 Å². The molecule has 1 N–H and O–H groups in total. The molecule has 1 aromatic rings. The predicted octanol–water partition coefficient (Wildman–Crippen LogP) is 2.30. The summed E-state index contributed by atoms with van der Waals surface area (Å²) in [7, 11) is 0. The van der Waals surface area contributed by atoms with Gasteiger partial charge in [-0.1, -0.05) is 39.0 Å². The van der Waals surface area contributed by atoms with Crippen molar-refractivity contribution < 1.29 is 9.59 Å². The van der Waals surface area contributed by atoms with E-state index in [0.717, 1.165) is 30.9 Å². The molecule has 2 amide bonds. The summed E-state index contributed by atoms with van der Waals surface area (Å²) in [6.45, 7) is 10.5. The molecule has 1 aliphatic heterocycles. The second-order valence-electron chi connectivity index (χ2n) is 6.28. The van der Waals surface area contributed by atoms with Gasteiger partial charge < -0.3 is 15.1 Å². The van der Waals surface area contributed by atoms with E-state index in [1.807, 2.05) is 24.3 Å². The average Bonchev–Trinajstić information content (AvgIpc) is 2.55. The molecule has 0 unspecified atom stereocenters. The lowest BCUT2D eigenvalue weighted by atomic mass is 10.0. The Hall–Kier alpha value is -1.88. The molecule has 0 atom stereocenters. The molecular formula is C18H27N3O2. The van der Waals surface area contributed by atoms with Gasteiger partial charge >= 0.3 is 0 Å². The average molecular weight is 317 g/mol. The maximum atomic E-state index is 12.3. The lowest BCUT2D eigenvalue weighted by molar-refractivity contribution is -0.136. The third kappa shape index (κ3) is 4.79. The van der Waals surface area contributed by atoms with Gasteiger partial charge in [0.15, 0.2) is 0 Å². The lowest BCUT2D eigenvalue weighted by Gasteiger charge is -2.34. The zero-order chi connectivity index (χ0) is 16.8. The SMILES string of the molecule is CCN1CCN(C(=O)CC(=O)Nc2ccccc2C(C)C)CC1. The molecule has 0 saturated carbocycles. The van der Waals surface area contributed by atoms with Crippen LogP contribution < -0.4 is 5.32 Å². The monoisotopic (exact) mass is 317 g/mol. The Morgan fingerprint density at radius 1 is 1.13 bits per heavy atom. The van der Waals surface area contributed by atoms with Crippen molar-refractivity contribution in [3.05, 3.63) is 29.8 Å². The minimum absolute atomic E-state index is 0.0831. The number of nitrogens with one attached hydrogen (secondary N) is 1. The molecule has 1 aliphatic rings. The molecule has 0 radical (unpaired) electrons. The number of amides is 2. The molecule has 5 heteroatoms. The molecule has 126 valence electrons. The smallest absolute Gasteiger partial charge is 0.233 e. The summed E-state index contributed by atoms with van der Waals surface area (Å²) >= 11 is 0. The van der Waals surface area contributed by atoms with E-state index >= 15 is 0 Å². The van der Waals surface area contributed by atoms with Crippen LogP contribution in [0.4, 0.5) is 5.69 Å². The number of likely N-dealkylation sites (N-methyl/N-ethyl adjacent to an activating group) is 1. The summed E-state index contributed by atoms with van der Waals surface area (Å²) in [5, 5.41) is 2.88. The highest BCUT2D eigenvalue weighted by molar-refractivity contribution is 6.03. The molecule has 1 saturated heterocycles. The zero-order valence-corrected chi connectivity index (χ0v) is 14.3. The summed E-state index contributed by atoms with van der Waals surface area (Å²) in [4.78, 5) is 28.6. The van der Waals surface area contributed by atoms with Crippen LogP contribution >= 0.6 is 0 Å². The normalized spacial score (nSPS) is 15.7. The van der Waals surface area contributed by atoms with Crippen molar-refractivity contribution >= 4 is 17.5 Å². The summed E-state index contributed by atoms with van der Waals surface area (Å²) in [5.41, 5.74) is 1.89. The van der Waals surface area contributed by atoms with Gasteiger partial charge in [-0.2, -0.15) is 0 Å². The van der Waals surface area contributed by atoms with Crippen molar-refractivity contribution in [2.24, 2.45) is 0 Å². The van der Waals surface area contributed by atoms with Gasteiger partial charge in [-0.15, -0.1) is 0 Å². The molecule has 1 aromatic carbocycles. The fourth-order valence-corrected chi connectivity index (χ4v) is 2.87. The summed E-state index contributed by atoms with van der Waals surface area (Å²) in [6.07, 6.45) is -0.0848. The third-order valence-corrected chi connectivity index (χ3v) is 4.34. The molecule has 0 aliphatic carbocycles. The summed E-state index contributed by atoms with van der Waals surface area (Å²) in [5.74, 6) is 0.00521. The van der Waals surface area contributed by atoms with Crippen molar-refractivity contribution in [3.63, 3.8) is 0 Å². The second-order valence-corrected chi connectivity index (χ2v) is 6.28. The summed E-state index contributed by atoms with van der Waals surface area (Å²) < 4.78 is 0. The number of hydrogen-bond acceptors (Lipinski definition) is 3. The van der Waals surface area contributed by atoms with Gasteiger partial charge in [0.05, 0.1) is 0 Å². The Bertz CT molecular complexity index is 549. The van der Waals surface area contributed by atoms with Gasteiger partial charge in [0.2, 0.25) is 11.8 Å².